The molecular weight excluding hydrogens is 418 g/mol. The fraction of sp³-hybridized carbons (Fsp3) is 0.333. The molecule has 0 amide bonds. The summed E-state index contributed by atoms with van der Waals surface area (Å²) in [7, 11) is 0. The minimum atomic E-state index is 0.250. The molecule has 1 aromatic carbocycles. The fourth-order valence-corrected chi connectivity index (χ4v) is 4.31. The van der Waals surface area contributed by atoms with Crippen LogP contribution in [-0.2, 0) is 6.54 Å². The van der Waals surface area contributed by atoms with Crippen molar-refractivity contribution in [3.63, 3.8) is 0 Å². The van der Waals surface area contributed by atoms with Crippen LogP contribution in [0.25, 0.3) is 0 Å². The average Bonchev–Trinajstić information content (AvgIpc) is 2.83. The molecule has 0 saturated carbocycles. The Morgan fingerprint density at radius 2 is 1.95 bits per heavy atom. The molecule has 0 radical (unpaired) electrons. The molecule has 1 atom stereocenters. The molecule has 2 aromatic rings. The van der Waals surface area contributed by atoms with E-state index in [1.165, 1.54) is 10.4 Å². The van der Waals surface area contributed by atoms with Gasteiger partial charge in [0.15, 0.2) is 11.5 Å². The van der Waals surface area contributed by atoms with Gasteiger partial charge in [-0.3, -0.25) is 0 Å². The van der Waals surface area contributed by atoms with E-state index < -0.39 is 0 Å². The van der Waals surface area contributed by atoms with Crippen molar-refractivity contribution < 1.29 is 9.47 Å². The van der Waals surface area contributed by atoms with Gasteiger partial charge >= 0.3 is 0 Å². The quantitative estimate of drug-likeness (QED) is 0.745. The lowest BCUT2D eigenvalue weighted by atomic mass is 10.1. The van der Waals surface area contributed by atoms with Crippen molar-refractivity contribution in [2.45, 2.75) is 19.5 Å². The zero-order valence-corrected chi connectivity index (χ0v) is 15.5. The number of benzene rings is 1. The third-order valence-corrected chi connectivity index (χ3v) is 6.60. The molecule has 6 heteroatoms. The molecule has 0 fully saturated rings. The molecule has 0 aliphatic carbocycles. The highest BCUT2D eigenvalue weighted by molar-refractivity contribution is 9.13. The number of ether oxygens (including phenoxy) is 2. The molecule has 1 aliphatic heterocycles. The first kappa shape index (κ1) is 15.3. The Morgan fingerprint density at radius 1 is 1.19 bits per heavy atom. The molecule has 0 bridgehead atoms. The van der Waals surface area contributed by atoms with E-state index >= 15 is 0 Å². The van der Waals surface area contributed by atoms with Crippen LogP contribution in [0.3, 0.4) is 0 Å². The van der Waals surface area contributed by atoms with E-state index in [9.17, 15) is 0 Å². The molecule has 0 spiro atoms. The van der Waals surface area contributed by atoms with E-state index in [0.29, 0.717) is 13.2 Å². The van der Waals surface area contributed by atoms with E-state index in [2.05, 4.69) is 62.3 Å². The van der Waals surface area contributed by atoms with E-state index in [1.54, 1.807) is 11.3 Å². The second-order valence-corrected chi connectivity index (χ2v) is 8.15. The van der Waals surface area contributed by atoms with Crippen molar-refractivity contribution in [2.75, 3.05) is 13.2 Å². The summed E-state index contributed by atoms with van der Waals surface area (Å²) in [6.07, 6.45) is 0. The second-order valence-electron chi connectivity index (χ2n) is 4.84. The lowest BCUT2D eigenvalue weighted by Crippen LogP contribution is -2.19. The Kier molecular flexibility index (Phi) is 4.88. The van der Waals surface area contributed by atoms with Crippen molar-refractivity contribution in [1.82, 2.24) is 5.32 Å². The van der Waals surface area contributed by atoms with Crippen molar-refractivity contribution in [3.05, 3.63) is 43.0 Å². The molecule has 21 heavy (non-hydrogen) atoms. The van der Waals surface area contributed by atoms with Crippen LogP contribution < -0.4 is 14.8 Å². The summed E-state index contributed by atoms with van der Waals surface area (Å²) in [5.41, 5.74) is 1.20. The van der Waals surface area contributed by atoms with Crippen molar-refractivity contribution in [1.29, 1.82) is 0 Å². The SMILES string of the molecule is CC(NCc1cc(Br)c(Br)s1)c1ccc2c(c1)OCCO2. The van der Waals surface area contributed by atoms with Crippen molar-refractivity contribution in [2.24, 2.45) is 0 Å². The van der Waals surface area contributed by atoms with E-state index in [4.69, 9.17) is 9.47 Å². The van der Waals surface area contributed by atoms with E-state index in [1.807, 2.05) is 6.07 Å². The van der Waals surface area contributed by atoms with E-state index in [0.717, 1.165) is 26.3 Å². The van der Waals surface area contributed by atoms with Gasteiger partial charge in [-0.2, -0.15) is 0 Å². The van der Waals surface area contributed by atoms with Crippen LogP contribution in [0.1, 0.15) is 23.4 Å². The molecule has 3 nitrogen and oxygen atoms in total. The van der Waals surface area contributed by atoms with Crippen LogP contribution in [0.2, 0.25) is 0 Å². The Hall–Kier alpha value is -0.560. The summed E-state index contributed by atoms with van der Waals surface area (Å²) in [4.78, 5) is 1.29. The maximum atomic E-state index is 5.63. The average molecular weight is 433 g/mol. The molecule has 3 rings (SSSR count). The molecule has 112 valence electrons. The van der Waals surface area contributed by atoms with Gasteiger partial charge in [-0.25, -0.2) is 0 Å². The van der Waals surface area contributed by atoms with Gasteiger partial charge in [0.25, 0.3) is 0 Å². The van der Waals surface area contributed by atoms with Crippen LogP contribution in [0.4, 0.5) is 0 Å². The number of hydrogen-bond donors (Lipinski definition) is 1. The summed E-state index contributed by atoms with van der Waals surface area (Å²) >= 11 is 8.77. The highest BCUT2D eigenvalue weighted by atomic mass is 79.9. The molecule has 0 saturated heterocycles. The summed E-state index contributed by atoms with van der Waals surface area (Å²) < 4.78 is 13.4. The predicted molar refractivity (Wildman–Crippen MR) is 92.4 cm³/mol. The van der Waals surface area contributed by atoms with Crippen LogP contribution >= 0.6 is 43.2 Å². The number of fused-ring (bicyclic) bond motifs is 1. The molecule has 1 aromatic heterocycles. The maximum Gasteiger partial charge on any atom is 0.161 e. The first-order valence-corrected chi connectivity index (χ1v) is 9.10. The van der Waals surface area contributed by atoms with Gasteiger partial charge in [-0.05, 0) is 62.5 Å². The van der Waals surface area contributed by atoms with Gasteiger partial charge in [0.1, 0.15) is 13.2 Å². The summed E-state index contributed by atoms with van der Waals surface area (Å²) in [5.74, 6) is 1.68. The highest BCUT2D eigenvalue weighted by Crippen LogP contribution is 2.34. The number of halogens is 2. The van der Waals surface area contributed by atoms with Gasteiger partial charge in [0.05, 0.1) is 3.79 Å². The minimum absolute atomic E-state index is 0.250. The number of thiophene rings is 1. The largest absolute Gasteiger partial charge is 0.486 e. The third kappa shape index (κ3) is 3.62. The third-order valence-electron chi connectivity index (χ3n) is 3.34. The van der Waals surface area contributed by atoms with E-state index in [-0.39, 0.29) is 6.04 Å². The highest BCUT2D eigenvalue weighted by Gasteiger charge is 2.14. The van der Waals surface area contributed by atoms with Crippen LogP contribution in [0.5, 0.6) is 11.5 Å². The Labute approximate surface area is 144 Å². The smallest absolute Gasteiger partial charge is 0.161 e. The van der Waals surface area contributed by atoms with Crippen molar-refractivity contribution >= 4 is 43.2 Å². The van der Waals surface area contributed by atoms with Crippen LogP contribution in [0, 0.1) is 0 Å². The lowest BCUT2D eigenvalue weighted by molar-refractivity contribution is 0.171. The number of nitrogens with one attached hydrogen (secondary N) is 1. The standard InChI is InChI=1S/C15H15Br2NO2S/c1-9(18-8-11-7-12(16)15(17)21-11)10-2-3-13-14(6-10)20-5-4-19-13/h2-3,6-7,9,18H,4-5,8H2,1H3. The number of rotatable bonds is 4. The molecule has 1 N–H and O–H groups in total. The van der Waals surface area contributed by atoms with Crippen LogP contribution in [0.15, 0.2) is 32.5 Å². The first-order chi connectivity index (χ1) is 10.1. The van der Waals surface area contributed by atoms with Gasteiger partial charge in [0.2, 0.25) is 0 Å². The summed E-state index contributed by atoms with van der Waals surface area (Å²) in [6, 6.07) is 8.52. The normalized spacial score (nSPS) is 15.0. The zero-order valence-electron chi connectivity index (χ0n) is 11.5. The lowest BCUT2D eigenvalue weighted by Gasteiger charge is -2.21. The monoisotopic (exact) mass is 431 g/mol. The van der Waals surface area contributed by atoms with Crippen molar-refractivity contribution in [3.8, 4) is 11.5 Å². The molecular formula is C15H15Br2NO2S. The Morgan fingerprint density at radius 3 is 2.67 bits per heavy atom. The zero-order chi connectivity index (χ0) is 14.8. The second kappa shape index (κ2) is 6.69. The summed E-state index contributed by atoms with van der Waals surface area (Å²) in [6.45, 7) is 4.24. The Balaban J connectivity index is 1.66. The maximum absolute atomic E-state index is 5.63. The van der Waals surface area contributed by atoms with Crippen LogP contribution in [-0.4, -0.2) is 13.2 Å². The minimum Gasteiger partial charge on any atom is -0.486 e. The van der Waals surface area contributed by atoms with Gasteiger partial charge in [0, 0.05) is 21.9 Å². The van der Waals surface area contributed by atoms with Gasteiger partial charge in [-0.1, -0.05) is 6.07 Å². The fourth-order valence-electron chi connectivity index (χ4n) is 2.18. The topological polar surface area (TPSA) is 30.5 Å². The Bertz CT molecular complexity index is 625. The first-order valence-electron chi connectivity index (χ1n) is 6.70. The number of hydrogen-bond acceptors (Lipinski definition) is 4. The molecule has 1 unspecified atom stereocenters. The molecule has 2 heterocycles. The van der Waals surface area contributed by atoms with Gasteiger partial charge < -0.3 is 14.8 Å². The summed E-state index contributed by atoms with van der Waals surface area (Å²) in [5, 5.41) is 3.53. The predicted octanol–water partition coefficient (Wildman–Crippen LogP) is 4.90. The van der Waals surface area contributed by atoms with Gasteiger partial charge in [-0.15, -0.1) is 11.3 Å². The molecule has 1 aliphatic rings.